The number of ether oxygens (including phenoxy) is 4. The van der Waals surface area contributed by atoms with Gasteiger partial charge in [-0.2, -0.15) is 0 Å². The van der Waals surface area contributed by atoms with Gasteiger partial charge in [0.2, 0.25) is 0 Å². The lowest BCUT2D eigenvalue weighted by atomic mass is 9.78. The number of anilines is 1. The molecule has 53 heavy (non-hydrogen) atoms. The zero-order valence-corrected chi connectivity index (χ0v) is 31.1. The number of methoxy groups -OCH3 is 1. The summed E-state index contributed by atoms with van der Waals surface area (Å²) in [6.07, 6.45) is 4.01. The number of carbonyl (C=O) groups excluding carboxylic acids is 3. The summed E-state index contributed by atoms with van der Waals surface area (Å²) < 4.78 is 23.2. The van der Waals surface area contributed by atoms with E-state index in [1.807, 2.05) is 0 Å². The van der Waals surface area contributed by atoms with E-state index in [0.29, 0.717) is 0 Å². The van der Waals surface area contributed by atoms with Crippen LogP contribution in [0, 0.1) is 30.6 Å². The van der Waals surface area contributed by atoms with Crippen LogP contribution in [-0.2, 0) is 23.8 Å². The zero-order valence-electron chi connectivity index (χ0n) is 31.1. The lowest BCUT2D eigenvalue weighted by molar-refractivity contribution is -0.160. The number of fused-ring (bicyclic) bond motifs is 14. The van der Waals surface area contributed by atoms with Crippen molar-refractivity contribution >= 4 is 40.3 Å². The van der Waals surface area contributed by atoms with Crippen LogP contribution in [0.15, 0.2) is 41.3 Å². The number of rotatable bonds is 3. The number of nitrogens with zero attached hydrogens (tertiary/aromatic N) is 1. The second-order valence-corrected chi connectivity index (χ2v) is 13.9. The van der Waals surface area contributed by atoms with E-state index in [1.165, 1.54) is 53.0 Å². The third kappa shape index (κ3) is 7.54. The Morgan fingerprint density at radius 3 is 2.23 bits per heavy atom. The van der Waals surface area contributed by atoms with E-state index in [4.69, 9.17) is 18.9 Å². The number of carbonyl (C=O) groups is 3. The number of ketones is 1. The van der Waals surface area contributed by atoms with Gasteiger partial charge in [0.15, 0.2) is 5.75 Å². The van der Waals surface area contributed by atoms with Crippen LogP contribution in [0.1, 0.15) is 70.0 Å². The number of allylic oxidation sites excluding steroid dienone is 2. The molecule has 7 N–H and O–H groups in total. The quantitative estimate of drug-likeness (QED) is 0.0572. The Morgan fingerprint density at radius 1 is 0.962 bits per heavy atom. The Balaban J connectivity index is 1.95. The first-order valence-electron chi connectivity index (χ1n) is 17.1. The SMILES string of the molecule is CO[C@H]1/C=C/O[C@@]2(C)Oc3c(C)c(O)c4c(O)c(c(/C=N/O)c(O)c4c3C2=O)NC(=O)/C(C)=C\C=C\[C@H](C)[C@H](O)[C@@H](C)[C@@H](O)[C@@H](C)[C@H](OC(C)=O)[C@@H]1C. The zero-order chi connectivity index (χ0) is 39.7. The Labute approximate surface area is 306 Å². The molecule has 3 heterocycles. The Kier molecular flexibility index (Phi) is 12.2. The molecule has 1 amide bonds. The maximum atomic E-state index is 14.1. The summed E-state index contributed by atoms with van der Waals surface area (Å²) in [5.74, 6) is -9.00. The highest BCUT2D eigenvalue weighted by Gasteiger charge is 2.50. The molecule has 0 saturated carbocycles. The fraction of sp³-hybridized carbons (Fsp3) is 0.474. The normalized spacial score (nSPS) is 32.2. The predicted molar refractivity (Wildman–Crippen MR) is 193 cm³/mol. The average molecular weight is 741 g/mol. The number of hydrogen-bond donors (Lipinski definition) is 7. The molecule has 0 radical (unpaired) electrons. The molecule has 0 aliphatic carbocycles. The number of oxime groups is 1. The molecule has 3 aliphatic heterocycles. The monoisotopic (exact) mass is 740 g/mol. The fourth-order valence-electron chi connectivity index (χ4n) is 6.93. The maximum Gasteiger partial charge on any atom is 0.312 e. The first kappa shape index (κ1) is 40.6. The van der Waals surface area contributed by atoms with Gasteiger partial charge in [0.05, 0.1) is 53.0 Å². The molecule has 0 saturated heterocycles. The highest BCUT2D eigenvalue weighted by atomic mass is 16.7. The number of Topliss-reactive ketones (excluding diaryl/α,β-unsaturated/α-hetero) is 1. The molecule has 0 spiro atoms. The van der Waals surface area contributed by atoms with Gasteiger partial charge in [-0.05, 0) is 19.9 Å². The third-order valence-corrected chi connectivity index (χ3v) is 10.2. The number of aromatic hydroxyl groups is 3. The van der Waals surface area contributed by atoms with Gasteiger partial charge in [0.25, 0.3) is 11.7 Å². The van der Waals surface area contributed by atoms with E-state index < -0.39 is 105 Å². The van der Waals surface area contributed by atoms with Gasteiger partial charge in [-0.1, -0.05) is 51.1 Å². The summed E-state index contributed by atoms with van der Waals surface area (Å²) in [5.41, 5.74) is -0.978. The lowest BCUT2D eigenvalue weighted by Gasteiger charge is -2.38. The van der Waals surface area contributed by atoms with Crippen LogP contribution in [0.3, 0.4) is 0 Å². The largest absolute Gasteiger partial charge is 0.507 e. The molecule has 15 heteroatoms. The molecule has 0 aromatic heterocycles. The third-order valence-electron chi connectivity index (χ3n) is 10.2. The van der Waals surface area contributed by atoms with Crippen LogP contribution < -0.4 is 10.1 Å². The lowest BCUT2D eigenvalue weighted by Crippen LogP contribution is -2.46. The molecule has 0 unspecified atom stereocenters. The van der Waals surface area contributed by atoms with Crippen molar-refractivity contribution in [1.29, 1.82) is 0 Å². The number of phenols is 3. The summed E-state index contributed by atoms with van der Waals surface area (Å²) in [7, 11) is 1.41. The molecular weight excluding hydrogens is 692 g/mol. The Hall–Kier alpha value is -5.12. The second-order valence-electron chi connectivity index (χ2n) is 13.9. The average Bonchev–Trinajstić information content (AvgIpc) is 3.38. The number of phenolic OH excluding ortho intramolecular Hbond substituents is 3. The highest BCUT2D eigenvalue weighted by molar-refractivity contribution is 6.23. The minimum absolute atomic E-state index is 0.00476. The maximum absolute atomic E-state index is 14.1. The van der Waals surface area contributed by atoms with Crippen molar-refractivity contribution in [2.75, 3.05) is 12.4 Å². The van der Waals surface area contributed by atoms with E-state index in [0.717, 1.165) is 12.5 Å². The molecule has 5 rings (SSSR count). The van der Waals surface area contributed by atoms with Crippen LogP contribution >= 0.6 is 0 Å². The number of aliphatic hydroxyl groups excluding tert-OH is 2. The standard InChI is InChI=1S/C38H48N2O13/c1-16-11-10-12-17(2)37(48)40-28-23(15-39-49)32(45)25-26(33(28)46)31(44)21(6)35-27(25)36(47)38(8,53-35)51-14-13-24(50-9)18(3)34(52-22(7)41)20(5)30(43)19(4)29(16)42/h10-16,18-20,24,29-30,34,42-46,49H,1-9H3,(H,40,48)/b11-10+,14-13+,17-12-,39-15+/t16-,18+,19+,20+,24-,29-,30+,34+,38-/m0/s1. The second kappa shape index (κ2) is 15.9. The van der Waals surface area contributed by atoms with Crippen molar-refractivity contribution in [3.05, 3.63) is 52.8 Å². The first-order chi connectivity index (χ1) is 24.8. The number of aliphatic hydroxyl groups is 2. The summed E-state index contributed by atoms with van der Waals surface area (Å²) in [6.45, 7) is 12.2. The van der Waals surface area contributed by atoms with E-state index in [1.54, 1.807) is 33.8 Å². The molecule has 9 atom stereocenters. The van der Waals surface area contributed by atoms with Crippen LogP contribution in [-0.4, -0.2) is 91.9 Å². The number of benzene rings is 2. The van der Waals surface area contributed by atoms with Crippen molar-refractivity contribution in [2.24, 2.45) is 28.8 Å². The molecule has 5 bridgehead atoms. The van der Waals surface area contributed by atoms with E-state index in [9.17, 15) is 45.1 Å². The molecular formula is C38H48N2O13. The van der Waals surface area contributed by atoms with Gasteiger partial charge in [-0.15, -0.1) is 0 Å². The molecule has 2 aromatic rings. The minimum atomic E-state index is -2.07. The number of hydrogen-bond acceptors (Lipinski definition) is 14. The smallest absolute Gasteiger partial charge is 0.312 e. The fourth-order valence-corrected chi connectivity index (χ4v) is 6.93. The van der Waals surface area contributed by atoms with Crippen LogP contribution in [0.25, 0.3) is 10.8 Å². The number of amides is 1. The molecule has 2 aromatic carbocycles. The Morgan fingerprint density at radius 2 is 1.62 bits per heavy atom. The topological polar surface area (TPSA) is 234 Å². The Bertz CT molecular complexity index is 1900. The first-order valence-corrected chi connectivity index (χ1v) is 17.1. The number of esters is 1. The van der Waals surface area contributed by atoms with Gasteiger partial charge >= 0.3 is 11.8 Å². The summed E-state index contributed by atoms with van der Waals surface area (Å²) >= 11 is 0. The minimum Gasteiger partial charge on any atom is -0.507 e. The van der Waals surface area contributed by atoms with Crippen molar-refractivity contribution in [3.63, 3.8) is 0 Å². The van der Waals surface area contributed by atoms with E-state index in [2.05, 4.69) is 10.5 Å². The molecule has 3 aliphatic rings. The summed E-state index contributed by atoms with van der Waals surface area (Å²) in [6, 6.07) is 0. The van der Waals surface area contributed by atoms with Gasteiger partial charge in [-0.3, -0.25) is 14.4 Å². The summed E-state index contributed by atoms with van der Waals surface area (Å²) in [5, 5.41) is 71.2. The van der Waals surface area contributed by atoms with Crippen molar-refractivity contribution in [1.82, 2.24) is 0 Å². The van der Waals surface area contributed by atoms with Gasteiger partial charge in [-0.25, -0.2) is 0 Å². The molecule has 288 valence electrons. The molecule has 15 nitrogen and oxygen atoms in total. The van der Waals surface area contributed by atoms with Crippen molar-refractivity contribution in [2.45, 2.75) is 85.6 Å². The van der Waals surface area contributed by atoms with Gasteiger partial charge in [0.1, 0.15) is 23.4 Å². The van der Waals surface area contributed by atoms with Crippen LogP contribution in [0.4, 0.5) is 5.69 Å². The predicted octanol–water partition coefficient (Wildman–Crippen LogP) is 4.56. The van der Waals surface area contributed by atoms with E-state index in [-0.39, 0.29) is 27.8 Å². The van der Waals surface area contributed by atoms with Crippen LogP contribution in [0.5, 0.6) is 23.0 Å². The van der Waals surface area contributed by atoms with E-state index >= 15 is 0 Å². The van der Waals surface area contributed by atoms with Crippen molar-refractivity contribution in [3.8, 4) is 23.0 Å². The number of nitrogens with one attached hydrogen (secondary N) is 1. The van der Waals surface area contributed by atoms with Gasteiger partial charge < -0.3 is 55.0 Å². The highest BCUT2D eigenvalue weighted by Crippen LogP contribution is 2.55. The molecule has 0 fully saturated rings. The van der Waals surface area contributed by atoms with Crippen molar-refractivity contribution < 1.29 is 64.1 Å². The summed E-state index contributed by atoms with van der Waals surface area (Å²) in [4.78, 5) is 39.7. The van der Waals surface area contributed by atoms with Gasteiger partial charge in [0, 0.05) is 61.2 Å². The van der Waals surface area contributed by atoms with Crippen LogP contribution in [0.2, 0.25) is 0 Å².